The molecule has 3 atom stereocenters. The van der Waals surface area contributed by atoms with Crippen molar-refractivity contribution in [3.8, 4) is 0 Å². The summed E-state index contributed by atoms with van der Waals surface area (Å²) in [5, 5.41) is 0. The Morgan fingerprint density at radius 2 is 2.33 bits per heavy atom. The first kappa shape index (κ1) is 8.09. The highest BCUT2D eigenvalue weighted by atomic mass is 16.5. The fourth-order valence-electron chi connectivity index (χ4n) is 2.76. The second-order valence-electron chi connectivity index (χ2n) is 4.15. The number of esters is 1. The minimum Gasteiger partial charge on any atom is -0.466 e. The maximum absolute atomic E-state index is 10.6. The van der Waals surface area contributed by atoms with Crippen molar-refractivity contribution in [3.05, 3.63) is 0 Å². The average molecular weight is 168 g/mol. The summed E-state index contributed by atoms with van der Waals surface area (Å²) in [5.74, 6) is 2.44. The number of hydrogen-bond donors (Lipinski definition) is 0. The molecular formula is C10H16O2. The summed E-state index contributed by atoms with van der Waals surface area (Å²) in [6.07, 6.45) is 5.49. The lowest BCUT2D eigenvalue weighted by molar-refractivity contribution is -0.145. The molecule has 0 amide bonds. The lowest BCUT2D eigenvalue weighted by Crippen LogP contribution is -2.36. The Morgan fingerprint density at radius 1 is 1.50 bits per heavy atom. The van der Waals surface area contributed by atoms with Crippen molar-refractivity contribution in [2.45, 2.75) is 32.6 Å². The molecule has 0 unspecified atom stereocenters. The van der Waals surface area contributed by atoms with Crippen LogP contribution in [0.5, 0.6) is 0 Å². The molecule has 0 aromatic carbocycles. The van der Waals surface area contributed by atoms with Gasteiger partial charge in [0.25, 0.3) is 0 Å². The van der Waals surface area contributed by atoms with Gasteiger partial charge < -0.3 is 4.74 Å². The first-order valence-corrected chi connectivity index (χ1v) is 4.90. The summed E-state index contributed by atoms with van der Waals surface area (Å²) in [7, 11) is 0. The van der Waals surface area contributed by atoms with E-state index in [0.717, 1.165) is 11.8 Å². The molecule has 12 heavy (non-hydrogen) atoms. The minimum absolute atomic E-state index is 0.128. The molecule has 0 aliphatic heterocycles. The van der Waals surface area contributed by atoms with Gasteiger partial charge in [0.15, 0.2) is 0 Å². The van der Waals surface area contributed by atoms with Crippen molar-refractivity contribution in [1.29, 1.82) is 0 Å². The van der Waals surface area contributed by atoms with Crippen LogP contribution in [0.1, 0.15) is 32.6 Å². The predicted molar refractivity (Wildman–Crippen MR) is 45.6 cm³/mol. The van der Waals surface area contributed by atoms with E-state index < -0.39 is 0 Å². The van der Waals surface area contributed by atoms with E-state index in [-0.39, 0.29) is 5.97 Å². The van der Waals surface area contributed by atoms with Crippen molar-refractivity contribution < 1.29 is 9.53 Å². The largest absolute Gasteiger partial charge is 0.466 e. The molecule has 0 aromatic rings. The molecule has 0 radical (unpaired) electrons. The smallest absolute Gasteiger partial charge is 0.302 e. The first-order valence-electron chi connectivity index (χ1n) is 4.90. The predicted octanol–water partition coefficient (Wildman–Crippen LogP) is 1.99. The van der Waals surface area contributed by atoms with Crippen LogP contribution in [0.25, 0.3) is 0 Å². The van der Waals surface area contributed by atoms with Gasteiger partial charge in [0, 0.05) is 6.92 Å². The lowest BCUT2D eigenvalue weighted by Gasteiger charge is -2.39. The van der Waals surface area contributed by atoms with Gasteiger partial charge in [-0.3, -0.25) is 4.79 Å². The molecule has 0 aromatic heterocycles. The molecule has 2 aliphatic carbocycles. The van der Waals surface area contributed by atoms with Crippen LogP contribution < -0.4 is 0 Å². The standard InChI is InChI=1S/C10H16O2/c1-7(11)12-6-9-5-8-3-2-4-10(8)9/h8-10H,2-6H2,1H3/t8-,9+,10-/m0/s1. The summed E-state index contributed by atoms with van der Waals surface area (Å²) in [4.78, 5) is 10.6. The Labute approximate surface area is 73.3 Å². The number of hydrogen-bond acceptors (Lipinski definition) is 2. The fourth-order valence-corrected chi connectivity index (χ4v) is 2.76. The summed E-state index contributed by atoms with van der Waals surface area (Å²) >= 11 is 0. The Bertz CT molecular complexity index is 188. The lowest BCUT2D eigenvalue weighted by atomic mass is 9.67. The molecule has 2 aliphatic rings. The van der Waals surface area contributed by atoms with Crippen molar-refractivity contribution in [3.63, 3.8) is 0 Å². The van der Waals surface area contributed by atoms with Crippen LogP contribution in [0.3, 0.4) is 0 Å². The van der Waals surface area contributed by atoms with Gasteiger partial charge in [0.05, 0.1) is 6.61 Å². The molecule has 0 N–H and O–H groups in total. The quantitative estimate of drug-likeness (QED) is 0.589. The summed E-state index contributed by atoms with van der Waals surface area (Å²) in [6.45, 7) is 2.17. The molecule has 2 saturated carbocycles. The van der Waals surface area contributed by atoms with E-state index in [2.05, 4.69) is 0 Å². The third kappa shape index (κ3) is 1.35. The Hall–Kier alpha value is -0.530. The van der Waals surface area contributed by atoms with Gasteiger partial charge >= 0.3 is 5.97 Å². The highest BCUT2D eigenvalue weighted by molar-refractivity contribution is 5.65. The molecule has 2 rings (SSSR count). The van der Waals surface area contributed by atoms with E-state index in [9.17, 15) is 4.79 Å². The molecule has 2 nitrogen and oxygen atoms in total. The van der Waals surface area contributed by atoms with Gasteiger partial charge in [0.2, 0.25) is 0 Å². The van der Waals surface area contributed by atoms with Gasteiger partial charge in [-0.05, 0) is 30.6 Å². The van der Waals surface area contributed by atoms with Crippen LogP contribution >= 0.6 is 0 Å². The molecule has 0 spiro atoms. The van der Waals surface area contributed by atoms with E-state index >= 15 is 0 Å². The molecule has 68 valence electrons. The van der Waals surface area contributed by atoms with Crippen LogP contribution in [0.15, 0.2) is 0 Å². The summed E-state index contributed by atoms with van der Waals surface area (Å²) in [6, 6.07) is 0. The van der Waals surface area contributed by atoms with Crippen LogP contribution in [-0.2, 0) is 9.53 Å². The zero-order valence-corrected chi connectivity index (χ0v) is 7.58. The summed E-state index contributed by atoms with van der Waals surface area (Å²) in [5.41, 5.74) is 0. The molecular weight excluding hydrogens is 152 g/mol. The minimum atomic E-state index is -0.128. The first-order chi connectivity index (χ1) is 5.77. The van der Waals surface area contributed by atoms with Crippen molar-refractivity contribution in [2.24, 2.45) is 17.8 Å². The van der Waals surface area contributed by atoms with E-state index in [0.29, 0.717) is 12.5 Å². The Morgan fingerprint density at radius 3 is 3.00 bits per heavy atom. The second-order valence-corrected chi connectivity index (χ2v) is 4.15. The van der Waals surface area contributed by atoms with Crippen molar-refractivity contribution in [1.82, 2.24) is 0 Å². The SMILES string of the molecule is CC(=O)OC[C@H]1C[C@@H]2CCC[C@@H]21. The van der Waals surface area contributed by atoms with E-state index in [1.165, 1.54) is 32.6 Å². The molecule has 0 bridgehead atoms. The van der Waals surface area contributed by atoms with E-state index in [1.54, 1.807) is 0 Å². The second kappa shape index (κ2) is 3.08. The maximum Gasteiger partial charge on any atom is 0.302 e. The summed E-state index contributed by atoms with van der Waals surface area (Å²) < 4.78 is 5.02. The topological polar surface area (TPSA) is 26.3 Å². The monoisotopic (exact) mass is 168 g/mol. The molecule has 2 fully saturated rings. The van der Waals surface area contributed by atoms with Crippen LogP contribution in [0, 0.1) is 17.8 Å². The molecule has 0 heterocycles. The highest BCUT2D eigenvalue weighted by Crippen LogP contribution is 2.50. The number of carbonyl (C=O) groups excluding carboxylic acids is 1. The highest BCUT2D eigenvalue weighted by Gasteiger charge is 2.43. The molecule has 2 heteroatoms. The van der Waals surface area contributed by atoms with Gasteiger partial charge in [-0.15, -0.1) is 0 Å². The van der Waals surface area contributed by atoms with E-state index in [4.69, 9.17) is 4.74 Å². The zero-order chi connectivity index (χ0) is 8.55. The number of rotatable bonds is 2. The fraction of sp³-hybridized carbons (Fsp3) is 0.900. The third-order valence-electron chi connectivity index (χ3n) is 3.43. The van der Waals surface area contributed by atoms with Gasteiger partial charge in [-0.25, -0.2) is 0 Å². The van der Waals surface area contributed by atoms with Crippen molar-refractivity contribution in [2.75, 3.05) is 6.61 Å². The number of carbonyl (C=O) groups is 1. The Balaban J connectivity index is 1.74. The van der Waals surface area contributed by atoms with Gasteiger partial charge in [0.1, 0.15) is 0 Å². The maximum atomic E-state index is 10.6. The van der Waals surface area contributed by atoms with Crippen molar-refractivity contribution >= 4 is 5.97 Å². The zero-order valence-electron chi connectivity index (χ0n) is 7.58. The third-order valence-corrected chi connectivity index (χ3v) is 3.43. The molecule has 0 saturated heterocycles. The Kier molecular flexibility index (Phi) is 2.07. The van der Waals surface area contributed by atoms with Crippen LogP contribution in [0.2, 0.25) is 0 Å². The number of fused-ring (bicyclic) bond motifs is 1. The van der Waals surface area contributed by atoms with E-state index in [1.807, 2.05) is 0 Å². The normalized spacial score (nSPS) is 38.6. The van der Waals surface area contributed by atoms with Crippen LogP contribution in [-0.4, -0.2) is 12.6 Å². The van der Waals surface area contributed by atoms with Gasteiger partial charge in [-0.1, -0.05) is 12.8 Å². The van der Waals surface area contributed by atoms with Gasteiger partial charge in [-0.2, -0.15) is 0 Å². The average Bonchev–Trinajstić information content (AvgIpc) is 2.32. The number of ether oxygens (including phenoxy) is 1. The van der Waals surface area contributed by atoms with Crippen LogP contribution in [0.4, 0.5) is 0 Å².